The molecule has 1 heterocycles. The molecule has 0 radical (unpaired) electrons. The van der Waals surface area contributed by atoms with Crippen LogP contribution in [-0.2, 0) is 6.54 Å². The number of rotatable bonds is 4. The van der Waals surface area contributed by atoms with Crippen LogP contribution in [0.1, 0.15) is 18.4 Å². The minimum absolute atomic E-state index is 0.206. The molecule has 0 N–H and O–H groups in total. The van der Waals surface area contributed by atoms with Gasteiger partial charge in [-0.15, -0.1) is 0 Å². The van der Waals surface area contributed by atoms with E-state index in [0.717, 1.165) is 19.5 Å². The van der Waals surface area contributed by atoms with E-state index < -0.39 is 13.3 Å². The highest BCUT2D eigenvalue weighted by atomic mass is 19.4. The number of nitrogens with zero attached hydrogens (tertiary/aromatic N) is 1. The molecule has 1 unspecified atom stereocenters. The first-order chi connectivity index (χ1) is 8.53. The summed E-state index contributed by atoms with van der Waals surface area (Å²) >= 11 is 0. The topological polar surface area (TPSA) is 3.24 Å². The standard InChI is InChI=1S/C13H18BF3N/c15-14(16,17)9-13-7-4-8-18(11-13)10-12-5-2-1-3-6-12/h1-3,5-6,13H,4,7-11H2/q-1. The lowest BCUT2D eigenvalue weighted by atomic mass is 9.75. The molecule has 1 nitrogen and oxygen atoms in total. The Hall–Kier alpha value is -0.965. The number of piperidine rings is 1. The summed E-state index contributed by atoms with van der Waals surface area (Å²) in [6.07, 6.45) is 1.02. The third kappa shape index (κ3) is 4.37. The van der Waals surface area contributed by atoms with Crippen molar-refractivity contribution in [2.24, 2.45) is 5.92 Å². The summed E-state index contributed by atoms with van der Waals surface area (Å²) in [6, 6.07) is 9.94. The predicted octanol–water partition coefficient (Wildman–Crippen LogP) is 3.75. The molecule has 1 saturated heterocycles. The highest BCUT2D eigenvalue weighted by molar-refractivity contribution is 6.58. The second kappa shape index (κ2) is 5.78. The summed E-state index contributed by atoms with van der Waals surface area (Å²) in [5, 5.41) is 0. The molecule has 0 amide bonds. The Kier molecular flexibility index (Phi) is 4.33. The van der Waals surface area contributed by atoms with Crippen LogP contribution in [-0.4, -0.2) is 25.0 Å². The van der Waals surface area contributed by atoms with E-state index in [1.165, 1.54) is 5.56 Å². The maximum absolute atomic E-state index is 12.4. The van der Waals surface area contributed by atoms with Crippen LogP contribution in [0.5, 0.6) is 0 Å². The van der Waals surface area contributed by atoms with E-state index in [4.69, 9.17) is 0 Å². The summed E-state index contributed by atoms with van der Waals surface area (Å²) in [4.78, 5) is 2.14. The second-order valence-electron chi connectivity index (χ2n) is 5.18. The smallest absolute Gasteiger partial charge is 0.449 e. The van der Waals surface area contributed by atoms with Crippen molar-refractivity contribution in [3.05, 3.63) is 35.9 Å². The van der Waals surface area contributed by atoms with Gasteiger partial charge in [-0.25, -0.2) is 0 Å². The van der Waals surface area contributed by atoms with Gasteiger partial charge in [0.15, 0.2) is 0 Å². The van der Waals surface area contributed by atoms with Gasteiger partial charge >= 0.3 is 6.98 Å². The molecule has 18 heavy (non-hydrogen) atoms. The van der Waals surface area contributed by atoms with Crippen LogP contribution in [0.2, 0.25) is 6.32 Å². The molecule has 1 fully saturated rings. The summed E-state index contributed by atoms with van der Waals surface area (Å²) in [7, 11) is 0. The van der Waals surface area contributed by atoms with Crippen molar-refractivity contribution in [2.45, 2.75) is 25.7 Å². The lowest BCUT2D eigenvalue weighted by Crippen LogP contribution is -2.37. The van der Waals surface area contributed by atoms with Gasteiger partial charge < -0.3 is 12.9 Å². The Balaban J connectivity index is 1.87. The average molecular weight is 256 g/mol. The van der Waals surface area contributed by atoms with Crippen LogP contribution in [0.25, 0.3) is 0 Å². The summed E-state index contributed by atoms with van der Waals surface area (Å²) in [5.41, 5.74) is 1.18. The lowest BCUT2D eigenvalue weighted by Gasteiger charge is -2.35. The third-order valence-corrected chi connectivity index (χ3v) is 3.45. The fourth-order valence-electron chi connectivity index (χ4n) is 2.71. The highest BCUT2D eigenvalue weighted by Gasteiger charge is 2.30. The fourth-order valence-corrected chi connectivity index (χ4v) is 2.71. The molecule has 0 aliphatic carbocycles. The molecule has 0 saturated carbocycles. The molecule has 1 aliphatic heterocycles. The van der Waals surface area contributed by atoms with Gasteiger partial charge in [0, 0.05) is 6.54 Å². The molecular formula is C13H18BF3N-. The molecule has 0 spiro atoms. The molecule has 1 atom stereocenters. The van der Waals surface area contributed by atoms with Crippen molar-refractivity contribution < 1.29 is 12.9 Å². The molecule has 0 bridgehead atoms. The molecule has 1 aromatic rings. The molecule has 1 aliphatic rings. The van der Waals surface area contributed by atoms with E-state index in [2.05, 4.69) is 4.90 Å². The van der Waals surface area contributed by atoms with Crippen molar-refractivity contribution >= 4 is 6.98 Å². The molecule has 100 valence electrons. The molecule has 1 aromatic carbocycles. The van der Waals surface area contributed by atoms with E-state index in [9.17, 15) is 12.9 Å². The largest absolute Gasteiger partial charge is 0.478 e. The normalized spacial score (nSPS) is 22.1. The van der Waals surface area contributed by atoms with Gasteiger partial charge in [-0.05, 0) is 25.1 Å². The van der Waals surface area contributed by atoms with Gasteiger partial charge in [-0.2, -0.15) is 0 Å². The fraction of sp³-hybridized carbons (Fsp3) is 0.538. The van der Waals surface area contributed by atoms with Crippen LogP contribution in [0.15, 0.2) is 30.3 Å². The van der Waals surface area contributed by atoms with Crippen LogP contribution < -0.4 is 0 Å². The third-order valence-electron chi connectivity index (χ3n) is 3.45. The van der Waals surface area contributed by atoms with E-state index in [-0.39, 0.29) is 5.92 Å². The Bertz CT molecular complexity index is 366. The van der Waals surface area contributed by atoms with Gasteiger partial charge in [-0.1, -0.05) is 49.0 Å². The Labute approximate surface area is 106 Å². The van der Waals surface area contributed by atoms with E-state index in [0.29, 0.717) is 13.0 Å². The maximum atomic E-state index is 12.4. The minimum Gasteiger partial charge on any atom is -0.449 e. The van der Waals surface area contributed by atoms with Crippen LogP contribution in [0.4, 0.5) is 12.9 Å². The molecular weight excluding hydrogens is 238 g/mol. The Morgan fingerprint density at radius 1 is 1.17 bits per heavy atom. The summed E-state index contributed by atoms with van der Waals surface area (Å²) < 4.78 is 37.3. The van der Waals surface area contributed by atoms with Gasteiger partial charge in [0.05, 0.1) is 0 Å². The Morgan fingerprint density at radius 2 is 1.89 bits per heavy atom. The van der Waals surface area contributed by atoms with E-state index in [1.54, 1.807) is 0 Å². The van der Waals surface area contributed by atoms with E-state index >= 15 is 0 Å². The predicted molar refractivity (Wildman–Crippen MR) is 68.3 cm³/mol. The van der Waals surface area contributed by atoms with Gasteiger partial charge in [-0.3, -0.25) is 4.90 Å². The zero-order chi connectivity index (χ0) is 13.0. The highest BCUT2D eigenvalue weighted by Crippen LogP contribution is 2.28. The minimum atomic E-state index is -4.64. The Morgan fingerprint density at radius 3 is 2.56 bits per heavy atom. The SMILES string of the molecule is F[B-](F)(F)CC1CCCN(Cc2ccccc2)C1. The van der Waals surface area contributed by atoms with Crippen LogP contribution in [0, 0.1) is 5.92 Å². The first-order valence-electron chi connectivity index (χ1n) is 6.50. The van der Waals surface area contributed by atoms with Gasteiger partial charge in [0.25, 0.3) is 0 Å². The second-order valence-corrected chi connectivity index (χ2v) is 5.18. The summed E-state index contributed by atoms with van der Waals surface area (Å²) in [6.45, 7) is -2.38. The van der Waals surface area contributed by atoms with Crippen LogP contribution in [0.3, 0.4) is 0 Å². The number of hydrogen-bond donors (Lipinski definition) is 0. The van der Waals surface area contributed by atoms with Crippen LogP contribution >= 0.6 is 0 Å². The van der Waals surface area contributed by atoms with Crippen molar-refractivity contribution in [3.63, 3.8) is 0 Å². The summed E-state index contributed by atoms with van der Waals surface area (Å²) in [5.74, 6) is -0.206. The van der Waals surface area contributed by atoms with Crippen molar-refractivity contribution in [3.8, 4) is 0 Å². The molecule has 0 aromatic heterocycles. The zero-order valence-corrected chi connectivity index (χ0v) is 10.4. The van der Waals surface area contributed by atoms with E-state index in [1.807, 2.05) is 30.3 Å². The first-order valence-corrected chi connectivity index (χ1v) is 6.50. The number of halogens is 3. The number of likely N-dealkylation sites (tertiary alicyclic amines) is 1. The molecule has 5 heteroatoms. The lowest BCUT2D eigenvalue weighted by molar-refractivity contribution is 0.171. The maximum Gasteiger partial charge on any atom is 0.478 e. The van der Waals surface area contributed by atoms with Gasteiger partial charge in [0.2, 0.25) is 0 Å². The first kappa shape index (κ1) is 13.5. The average Bonchev–Trinajstić information content (AvgIpc) is 2.28. The van der Waals surface area contributed by atoms with Crippen molar-refractivity contribution in [1.29, 1.82) is 0 Å². The number of benzene rings is 1. The molecule has 2 rings (SSSR count). The van der Waals surface area contributed by atoms with Crippen molar-refractivity contribution in [2.75, 3.05) is 13.1 Å². The number of hydrogen-bond acceptors (Lipinski definition) is 1. The monoisotopic (exact) mass is 256 g/mol. The van der Waals surface area contributed by atoms with Gasteiger partial charge in [0.1, 0.15) is 0 Å². The zero-order valence-electron chi connectivity index (χ0n) is 10.4. The van der Waals surface area contributed by atoms with Crippen molar-refractivity contribution in [1.82, 2.24) is 4.90 Å². The quantitative estimate of drug-likeness (QED) is 0.741.